The maximum atomic E-state index is 5.82. The molecule has 18 heavy (non-hydrogen) atoms. The van der Waals surface area contributed by atoms with Crippen molar-refractivity contribution in [3.63, 3.8) is 0 Å². The average Bonchev–Trinajstić information content (AvgIpc) is 2.37. The Bertz CT molecular complexity index is 554. The molecule has 0 saturated carbocycles. The fourth-order valence-corrected chi connectivity index (χ4v) is 1.62. The summed E-state index contributed by atoms with van der Waals surface area (Å²) in [4.78, 5) is 8.99. The van der Waals surface area contributed by atoms with Crippen molar-refractivity contribution < 1.29 is 4.74 Å². The van der Waals surface area contributed by atoms with Crippen molar-refractivity contribution in [2.24, 2.45) is 5.73 Å². The van der Waals surface area contributed by atoms with Crippen LogP contribution in [0.25, 0.3) is 11.0 Å². The van der Waals surface area contributed by atoms with Gasteiger partial charge < -0.3 is 10.5 Å². The Morgan fingerprint density at radius 3 is 2.50 bits per heavy atom. The van der Waals surface area contributed by atoms with E-state index in [0.717, 1.165) is 34.6 Å². The molecule has 2 aromatic rings. The first-order chi connectivity index (χ1) is 8.60. The summed E-state index contributed by atoms with van der Waals surface area (Å²) >= 11 is 0. The minimum absolute atomic E-state index is 0.0755. The van der Waals surface area contributed by atoms with Crippen molar-refractivity contribution in [3.8, 4) is 5.75 Å². The first kappa shape index (κ1) is 12.8. The van der Waals surface area contributed by atoms with Crippen LogP contribution in [0.2, 0.25) is 0 Å². The molecule has 1 heterocycles. The van der Waals surface area contributed by atoms with Crippen LogP contribution < -0.4 is 10.5 Å². The largest absolute Gasteiger partial charge is 0.492 e. The average molecular weight is 245 g/mol. The highest BCUT2D eigenvalue weighted by Gasteiger charge is 2.05. The quantitative estimate of drug-likeness (QED) is 0.898. The number of ether oxygens (including phenoxy) is 1. The SMILES string of the molecule is CCC(N)COc1ccc2nc(C)c(C)nc2c1. The Kier molecular flexibility index (Phi) is 3.77. The molecule has 0 amide bonds. The summed E-state index contributed by atoms with van der Waals surface area (Å²) in [6.07, 6.45) is 0.908. The fraction of sp³-hybridized carbons (Fsp3) is 0.429. The minimum atomic E-state index is 0.0755. The number of hydrogen-bond acceptors (Lipinski definition) is 4. The van der Waals surface area contributed by atoms with E-state index in [1.807, 2.05) is 39.0 Å². The second kappa shape index (κ2) is 5.31. The summed E-state index contributed by atoms with van der Waals surface area (Å²) in [6.45, 7) is 6.50. The second-order valence-electron chi connectivity index (χ2n) is 4.52. The minimum Gasteiger partial charge on any atom is -0.492 e. The third-order valence-electron chi connectivity index (χ3n) is 3.04. The van der Waals surface area contributed by atoms with E-state index >= 15 is 0 Å². The van der Waals surface area contributed by atoms with Crippen LogP contribution in [0.4, 0.5) is 0 Å². The molecule has 2 rings (SSSR count). The van der Waals surface area contributed by atoms with Gasteiger partial charge >= 0.3 is 0 Å². The number of nitrogens with zero attached hydrogens (tertiary/aromatic N) is 2. The molecule has 96 valence electrons. The van der Waals surface area contributed by atoms with Crippen LogP contribution >= 0.6 is 0 Å². The van der Waals surface area contributed by atoms with Crippen molar-refractivity contribution in [2.75, 3.05) is 6.61 Å². The van der Waals surface area contributed by atoms with E-state index in [4.69, 9.17) is 10.5 Å². The van der Waals surface area contributed by atoms with Crippen LogP contribution in [0.1, 0.15) is 24.7 Å². The van der Waals surface area contributed by atoms with E-state index in [0.29, 0.717) is 6.61 Å². The van der Waals surface area contributed by atoms with Gasteiger partial charge in [-0.25, -0.2) is 9.97 Å². The molecule has 0 saturated heterocycles. The molecule has 1 aromatic heterocycles. The molecule has 0 radical (unpaired) electrons. The Labute approximate surface area is 107 Å². The molecule has 0 bridgehead atoms. The summed E-state index contributed by atoms with van der Waals surface area (Å²) in [7, 11) is 0. The topological polar surface area (TPSA) is 61.0 Å². The van der Waals surface area contributed by atoms with E-state index < -0.39 is 0 Å². The molecule has 4 nitrogen and oxygen atoms in total. The zero-order valence-corrected chi connectivity index (χ0v) is 11.1. The van der Waals surface area contributed by atoms with Gasteiger partial charge in [0.15, 0.2) is 0 Å². The maximum Gasteiger partial charge on any atom is 0.121 e. The second-order valence-corrected chi connectivity index (χ2v) is 4.52. The number of nitrogens with two attached hydrogens (primary N) is 1. The summed E-state index contributed by atoms with van der Waals surface area (Å²) in [5.41, 5.74) is 9.49. The predicted molar refractivity (Wildman–Crippen MR) is 72.8 cm³/mol. The van der Waals surface area contributed by atoms with Gasteiger partial charge in [-0.2, -0.15) is 0 Å². The molecule has 0 spiro atoms. The lowest BCUT2D eigenvalue weighted by Gasteiger charge is -2.11. The normalized spacial score (nSPS) is 12.7. The zero-order chi connectivity index (χ0) is 13.1. The summed E-state index contributed by atoms with van der Waals surface area (Å²) in [6, 6.07) is 5.83. The first-order valence-corrected chi connectivity index (χ1v) is 6.23. The van der Waals surface area contributed by atoms with E-state index in [-0.39, 0.29) is 6.04 Å². The summed E-state index contributed by atoms with van der Waals surface area (Å²) in [5, 5.41) is 0. The smallest absolute Gasteiger partial charge is 0.121 e. The van der Waals surface area contributed by atoms with E-state index in [1.54, 1.807) is 0 Å². The van der Waals surface area contributed by atoms with Gasteiger partial charge in [0.1, 0.15) is 12.4 Å². The van der Waals surface area contributed by atoms with Gasteiger partial charge in [-0.05, 0) is 32.4 Å². The number of benzene rings is 1. The van der Waals surface area contributed by atoms with Crippen LogP contribution in [0.5, 0.6) is 5.75 Å². The Morgan fingerprint density at radius 1 is 1.17 bits per heavy atom. The predicted octanol–water partition coefficient (Wildman–Crippen LogP) is 2.36. The van der Waals surface area contributed by atoms with Crippen molar-refractivity contribution in [1.29, 1.82) is 0 Å². The molecule has 0 aliphatic carbocycles. The number of aryl methyl sites for hydroxylation is 2. The highest BCUT2D eigenvalue weighted by atomic mass is 16.5. The monoisotopic (exact) mass is 245 g/mol. The van der Waals surface area contributed by atoms with Gasteiger partial charge in [0.2, 0.25) is 0 Å². The van der Waals surface area contributed by atoms with Gasteiger partial charge in [0.05, 0.1) is 22.4 Å². The molecule has 2 N–H and O–H groups in total. The van der Waals surface area contributed by atoms with E-state index in [1.165, 1.54) is 0 Å². The van der Waals surface area contributed by atoms with Gasteiger partial charge in [0.25, 0.3) is 0 Å². The maximum absolute atomic E-state index is 5.82. The van der Waals surface area contributed by atoms with Crippen LogP contribution in [0.3, 0.4) is 0 Å². The lowest BCUT2D eigenvalue weighted by atomic mass is 10.2. The molecule has 1 aromatic carbocycles. The lowest BCUT2D eigenvalue weighted by molar-refractivity contribution is 0.285. The molecule has 1 atom stereocenters. The first-order valence-electron chi connectivity index (χ1n) is 6.23. The molecular formula is C14H19N3O. The third kappa shape index (κ3) is 2.76. The van der Waals surface area contributed by atoms with Gasteiger partial charge in [-0.15, -0.1) is 0 Å². The van der Waals surface area contributed by atoms with Gasteiger partial charge in [-0.1, -0.05) is 6.92 Å². The van der Waals surface area contributed by atoms with Crippen LogP contribution in [-0.4, -0.2) is 22.6 Å². The molecule has 0 fully saturated rings. The molecule has 1 unspecified atom stereocenters. The van der Waals surface area contributed by atoms with Crippen LogP contribution in [-0.2, 0) is 0 Å². The Balaban J connectivity index is 2.24. The van der Waals surface area contributed by atoms with Crippen molar-refractivity contribution >= 4 is 11.0 Å². The molecule has 4 heteroatoms. The molecule has 0 aliphatic rings. The fourth-order valence-electron chi connectivity index (χ4n) is 1.62. The summed E-state index contributed by atoms with van der Waals surface area (Å²) in [5.74, 6) is 0.795. The Hall–Kier alpha value is -1.68. The van der Waals surface area contributed by atoms with Crippen molar-refractivity contribution in [3.05, 3.63) is 29.6 Å². The van der Waals surface area contributed by atoms with Crippen LogP contribution in [0, 0.1) is 13.8 Å². The number of aromatic nitrogens is 2. The Morgan fingerprint density at radius 2 is 1.83 bits per heavy atom. The highest BCUT2D eigenvalue weighted by Crippen LogP contribution is 2.19. The van der Waals surface area contributed by atoms with Crippen molar-refractivity contribution in [2.45, 2.75) is 33.2 Å². The zero-order valence-electron chi connectivity index (χ0n) is 11.1. The number of fused-ring (bicyclic) bond motifs is 1. The van der Waals surface area contributed by atoms with Crippen LogP contribution in [0.15, 0.2) is 18.2 Å². The highest BCUT2D eigenvalue weighted by molar-refractivity contribution is 5.76. The third-order valence-corrected chi connectivity index (χ3v) is 3.04. The lowest BCUT2D eigenvalue weighted by Crippen LogP contribution is -2.26. The van der Waals surface area contributed by atoms with E-state index in [9.17, 15) is 0 Å². The van der Waals surface area contributed by atoms with Crippen molar-refractivity contribution in [1.82, 2.24) is 9.97 Å². The van der Waals surface area contributed by atoms with E-state index in [2.05, 4.69) is 9.97 Å². The number of rotatable bonds is 4. The standard InChI is InChI=1S/C14H19N3O/c1-4-11(15)8-18-12-5-6-13-14(7-12)17-10(3)9(2)16-13/h5-7,11H,4,8,15H2,1-3H3. The van der Waals surface area contributed by atoms with Gasteiger partial charge in [-0.3, -0.25) is 0 Å². The number of hydrogen-bond donors (Lipinski definition) is 1. The van der Waals surface area contributed by atoms with Gasteiger partial charge in [0, 0.05) is 12.1 Å². The summed E-state index contributed by atoms with van der Waals surface area (Å²) < 4.78 is 5.64. The molecular weight excluding hydrogens is 226 g/mol. The molecule has 0 aliphatic heterocycles.